The molecule has 0 saturated carbocycles. The number of hydrogen-bond acceptors (Lipinski definition) is 3. The number of aryl methyl sites for hydroxylation is 1. The third kappa shape index (κ3) is 2.26. The van der Waals surface area contributed by atoms with Gasteiger partial charge in [-0.25, -0.2) is 4.79 Å². The Balaban J connectivity index is 1.54. The van der Waals surface area contributed by atoms with Crippen LogP contribution in [0, 0.1) is 12.3 Å². The summed E-state index contributed by atoms with van der Waals surface area (Å²) in [5.41, 5.74) is 3.03. The van der Waals surface area contributed by atoms with Crippen molar-refractivity contribution in [2.24, 2.45) is 5.41 Å². The van der Waals surface area contributed by atoms with Crippen LogP contribution >= 0.6 is 9.24 Å². The molecule has 4 nitrogen and oxygen atoms in total. The third-order valence-electron chi connectivity index (χ3n) is 5.27. The fourth-order valence-corrected chi connectivity index (χ4v) is 4.02. The van der Waals surface area contributed by atoms with Crippen LogP contribution in [0.15, 0.2) is 18.3 Å². The van der Waals surface area contributed by atoms with Crippen molar-refractivity contribution in [2.75, 3.05) is 26.2 Å². The highest BCUT2D eigenvalue weighted by atomic mass is 31.0. The molecule has 0 spiro atoms. The summed E-state index contributed by atoms with van der Waals surface area (Å²) in [6.45, 7) is 6.00. The number of ether oxygens (including phenoxy) is 1. The van der Waals surface area contributed by atoms with Gasteiger partial charge in [-0.3, -0.25) is 0 Å². The van der Waals surface area contributed by atoms with Crippen LogP contribution in [0.1, 0.15) is 28.8 Å². The second kappa shape index (κ2) is 5.07. The molecule has 1 N–H and O–H groups in total. The minimum Gasteiger partial charge on any atom is -0.461 e. The van der Waals surface area contributed by atoms with Crippen molar-refractivity contribution >= 4 is 31.4 Å². The highest BCUT2D eigenvalue weighted by molar-refractivity contribution is 7.27. The number of nitrogens with zero attached hydrogens (tertiary/aromatic N) is 1. The molecular weight excluding hydrogens is 295 g/mol. The van der Waals surface area contributed by atoms with Crippen LogP contribution in [0.25, 0.3) is 10.9 Å². The Morgan fingerprint density at radius 3 is 2.86 bits per heavy atom. The number of aromatic nitrogens is 1. The lowest BCUT2D eigenvalue weighted by Gasteiger charge is -2.24. The first-order chi connectivity index (χ1) is 10.6. The average Bonchev–Trinajstić information content (AvgIpc) is 3.20. The molecule has 2 bridgehead atoms. The summed E-state index contributed by atoms with van der Waals surface area (Å²) in [5.74, 6) is -0.209. The first kappa shape index (κ1) is 14.2. The van der Waals surface area contributed by atoms with Gasteiger partial charge in [-0.05, 0) is 55.9 Å². The zero-order valence-electron chi connectivity index (χ0n) is 12.8. The highest BCUT2D eigenvalue weighted by Gasteiger charge is 2.44. The number of rotatable bonds is 3. The van der Waals surface area contributed by atoms with Crippen LogP contribution in [-0.2, 0) is 4.74 Å². The largest absolute Gasteiger partial charge is 0.461 e. The molecule has 2 fully saturated rings. The van der Waals surface area contributed by atoms with Gasteiger partial charge in [0.2, 0.25) is 0 Å². The minimum atomic E-state index is -0.209. The molecule has 1 atom stereocenters. The van der Waals surface area contributed by atoms with E-state index in [1.807, 2.05) is 6.07 Å². The van der Waals surface area contributed by atoms with Crippen molar-refractivity contribution in [1.29, 1.82) is 0 Å². The fraction of sp³-hybridized carbons (Fsp3) is 0.471. The number of aromatic amines is 1. The van der Waals surface area contributed by atoms with Gasteiger partial charge in [-0.2, -0.15) is 0 Å². The molecule has 22 heavy (non-hydrogen) atoms. The molecule has 1 unspecified atom stereocenters. The Labute approximate surface area is 132 Å². The number of nitrogens with one attached hydrogen (secondary N) is 1. The van der Waals surface area contributed by atoms with Crippen LogP contribution in [0.5, 0.6) is 0 Å². The smallest absolute Gasteiger partial charge is 0.340 e. The zero-order chi connectivity index (χ0) is 15.3. The Morgan fingerprint density at radius 2 is 2.18 bits per heavy atom. The monoisotopic (exact) mass is 316 g/mol. The quantitative estimate of drug-likeness (QED) is 0.698. The molecule has 3 heterocycles. The van der Waals surface area contributed by atoms with E-state index in [2.05, 4.69) is 32.1 Å². The molecule has 2 aliphatic rings. The van der Waals surface area contributed by atoms with E-state index in [0.717, 1.165) is 48.7 Å². The molecule has 1 aromatic carbocycles. The summed E-state index contributed by atoms with van der Waals surface area (Å²) in [4.78, 5) is 18.1. The Morgan fingerprint density at radius 1 is 1.41 bits per heavy atom. The van der Waals surface area contributed by atoms with Crippen molar-refractivity contribution in [3.8, 4) is 0 Å². The molecular formula is C17H21N2O2P. The maximum atomic E-state index is 12.5. The summed E-state index contributed by atoms with van der Waals surface area (Å²) in [6.07, 6.45) is 4.08. The lowest BCUT2D eigenvalue weighted by Crippen LogP contribution is -2.27. The van der Waals surface area contributed by atoms with Gasteiger partial charge in [-0.1, -0.05) is 0 Å². The van der Waals surface area contributed by atoms with Crippen molar-refractivity contribution in [3.63, 3.8) is 0 Å². The first-order valence-corrected chi connectivity index (χ1v) is 8.41. The topological polar surface area (TPSA) is 45.3 Å². The number of benzene rings is 1. The van der Waals surface area contributed by atoms with Gasteiger partial charge in [0.25, 0.3) is 0 Å². The molecule has 2 aliphatic heterocycles. The molecule has 0 radical (unpaired) electrons. The van der Waals surface area contributed by atoms with Crippen molar-refractivity contribution < 1.29 is 9.53 Å². The number of piperidine rings is 1. The molecule has 5 heteroatoms. The number of carbonyl (C=O) groups excluding carboxylic acids is 1. The SMILES string of the molecule is Cc1cc2[nH]cc(C(=O)OCC34CCN(CC3)C4)c2cc1P. The predicted molar refractivity (Wildman–Crippen MR) is 90.8 cm³/mol. The number of H-pyrrole nitrogens is 1. The van der Waals surface area contributed by atoms with Gasteiger partial charge in [-0.15, -0.1) is 9.24 Å². The molecule has 0 aliphatic carbocycles. The third-order valence-corrected chi connectivity index (χ3v) is 5.90. The Hall–Kier alpha value is -1.38. The summed E-state index contributed by atoms with van der Waals surface area (Å²) in [6, 6.07) is 4.10. The van der Waals surface area contributed by atoms with E-state index in [9.17, 15) is 4.79 Å². The van der Waals surface area contributed by atoms with E-state index in [1.165, 1.54) is 5.56 Å². The molecule has 2 saturated heterocycles. The summed E-state index contributed by atoms with van der Waals surface area (Å²) in [7, 11) is 2.72. The van der Waals surface area contributed by atoms with E-state index in [-0.39, 0.29) is 11.4 Å². The molecule has 4 rings (SSSR count). The Kier molecular flexibility index (Phi) is 3.28. The van der Waals surface area contributed by atoms with E-state index in [0.29, 0.717) is 12.2 Å². The van der Waals surface area contributed by atoms with Crippen LogP contribution < -0.4 is 5.30 Å². The second-order valence-electron chi connectivity index (χ2n) is 6.81. The normalized spacial score (nSPS) is 26.7. The first-order valence-electron chi connectivity index (χ1n) is 7.83. The number of fused-ring (bicyclic) bond motifs is 3. The minimum absolute atomic E-state index is 0.209. The second-order valence-corrected chi connectivity index (χ2v) is 7.43. The fourth-order valence-electron chi connectivity index (χ4n) is 3.77. The average molecular weight is 316 g/mol. The predicted octanol–water partition coefficient (Wildman–Crippen LogP) is 2.23. The molecule has 0 amide bonds. The molecule has 1 aromatic heterocycles. The van der Waals surface area contributed by atoms with Gasteiger partial charge < -0.3 is 14.6 Å². The van der Waals surface area contributed by atoms with Crippen molar-refractivity contribution in [3.05, 3.63) is 29.5 Å². The van der Waals surface area contributed by atoms with Crippen LogP contribution in [-0.4, -0.2) is 42.1 Å². The standard InChI is InChI=1S/C17H21N2O2P/c1-11-6-14-12(7-15(11)22)13(8-18-14)16(20)21-10-17-2-4-19(9-17)5-3-17/h6-8,18H,2-5,9-10,22H2,1H3. The number of hydrogen-bond donors (Lipinski definition) is 1. The highest BCUT2D eigenvalue weighted by Crippen LogP contribution is 2.40. The van der Waals surface area contributed by atoms with Gasteiger partial charge in [0.15, 0.2) is 0 Å². The van der Waals surface area contributed by atoms with Crippen molar-refractivity contribution in [2.45, 2.75) is 19.8 Å². The lowest BCUT2D eigenvalue weighted by atomic mass is 9.86. The molecule has 116 valence electrons. The van der Waals surface area contributed by atoms with E-state index in [4.69, 9.17) is 4.74 Å². The van der Waals surface area contributed by atoms with Gasteiger partial charge in [0, 0.05) is 29.1 Å². The zero-order valence-corrected chi connectivity index (χ0v) is 14.0. The molecule has 2 aromatic rings. The van der Waals surface area contributed by atoms with Crippen molar-refractivity contribution in [1.82, 2.24) is 9.88 Å². The van der Waals surface area contributed by atoms with Crippen LogP contribution in [0.2, 0.25) is 0 Å². The van der Waals surface area contributed by atoms with Gasteiger partial charge in [0.1, 0.15) is 0 Å². The van der Waals surface area contributed by atoms with Gasteiger partial charge in [0.05, 0.1) is 12.2 Å². The summed E-state index contributed by atoms with van der Waals surface area (Å²) in [5, 5.41) is 2.06. The Bertz CT molecular complexity index is 744. The van der Waals surface area contributed by atoms with E-state index >= 15 is 0 Å². The van der Waals surface area contributed by atoms with Crippen LogP contribution in [0.4, 0.5) is 0 Å². The maximum Gasteiger partial charge on any atom is 0.340 e. The number of carbonyl (C=O) groups is 1. The van der Waals surface area contributed by atoms with Gasteiger partial charge >= 0.3 is 5.97 Å². The van der Waals surface area contributed by atoms with E-state index in [1.54, 1.807) is 6.20 Å². The summed E-state index contributed by atoms with van der Waals surface area (Å²) < 4.78 is 5.68. The number of esters is 1. The summed E-state index contributed by atoms with van der Waals surface area (Å²) >= 11 is 0. The van der Waals surface area contributed by atoms with E-state index < -0.39 is 0 Å². The van der Waals surface area contributed by atoms with Crippen LogP contribution in [0.3, 0.4) is 0 Å². The lowest BCUT2D eigenvalue weighted by molar-refractivity contribution is 0.0326. The maximum absolute atomic E-state index is 12.5.